The Morgan fingerprint density at radius 2 is 2.05 bits per heavy atom. The molecule has 1 fully saturated rings. The highest BCUT2D eigenvalue weighted by Gasteiger charge is 2.44. The average molecular weight is 275 g/mol. The fourth-order valence-corrected chi connectivity index (χ4v) is 2.43. The van der Waals surface area contributed by atoms with Gasteiger partial charge in [-0.2, -0.15) is 13.2 Å². The van der Waals surface area contributed by atoms with Gasteiger partial charge in [0.1, 0.15) is 0 Å². The van der Waals surface area contributed by atoms with Gasteiger partial charge in [-0.15, -0.1) is 0 Å². The Kier molecular flexibility index (Phi) is 3.85. The third-order valence-corrected chi connectivity index (χ3v) is 3.68. The van der Waals surface area contributed by atoms with Gasteiger partial charge < -0.3 is 15.6 Å². The van der Waals surface area contributed by atoms with Crippen LogP contribution >= 0.6 is 0 Å². The summed E-state index contributed by atoms with van der Waals surface area (Å²) in [5.74, 6) is 0. The third-order valence-electron chi connectivity index (χ3n) is 3.68. The minimum atomic E-state index is -4.49. The van der Waals surface area contributed by atoms with Crippen molar-refractivity contribution in [2.75, 3.05) is 19.8 Å². The molecule has 0 aliphatic carbocycles. The van der Waals surface area contributed by atoms with Gasteiger partial charge in [-0.1, -0.05) is 18.2 Å². The molecule has 1 aromatic carbocycles. The molecule has 2 unspecified atom stereocenters. The van der Waals surface area contributed by atoms with E-state index in [2.05, 4.69) is 0 Å². The molecule has 0 radical (unpaired) electrons. The number of hydrogen-bond acceptors (Lipinski definition) is 3. The number of nitrogens with two attached hydrogens (primary N) is 1. The highest BCUT2D eigenvalue weighted by Crippen LogP contribution is 2.44. The van der Waals surface area contributed by atoms with Gasteiger partial charge in [-0.05, 0) is 18.1 Å². The molecule has 2 rings (SSSR count). The number of aliphatic hydroxyl groups is 1. The largest absolute Gasteiger partial charge is 0.416 e. The van der Waals surface area contributed by atoms with E-state index >= 15 is 0 Å². The first-order valence-electron chi connectivity index (χ1n) is 6.03. The number of ether oxygens (including phenoxy) is 1. The summed E-state index contributed by atoms with van der Waals surface area (Å²) < 4.78 is 44.1. The fourth-order valence-electron chi connectivity index (χ4n) is 2.43. The van der Waals surface area contributed by atoms with Crippen molar-refractivity contribution in [1.29, 1.82) is 0 Å². The lowest BCUT2D eigenvalue weighted by Crippen LogP contribution is -2.38. The van der Waals surface area contributed by atoms with Crippen molar-refractivity contribution >= 4 is 0 Å². The normalized spacial score (nSPS) is 25.5. The monoisotopic (exact) mass is 275 g/mol. The predicted octanol–water partition coefficient (Wildman–Crippen LogP) is 2.10. The Morgan fingerprint density at radius 3 is 2.58 bits per heavy atom. The topological polar surface area (TPSA) is 55.5 Å². The molecular weight excluding hydrogens is 259 g/mol. The summed E-state index contributed by atoms with van der Waals surface area (Å²) >= 11 is 0. The minimum absolute atomic E-state index is 0.0837. The summed E-state index contributed by atoms with van der Waals surface area (Å²) in [7, 11) is 0. The van der Waals surface area contributed by atoms with Crippen molar-refractivity contribution in [2.45, 2.75) is 18.7 Å². The second kappa shape index (κ2) is 5.11. The van der Waals surface area contributed by atoms with Gasteiger partial charge in [0.2, 0.25) is 0 Å². The van der Waals surface area contributed by atoms with Gasteiger partial charge in [0.15, 0.2) is 0 Å². The molecule has 106 valence electrons. The zero-order chi connectivity index (χ0) is 14.1. The standard InChI is InChI=1S/C13H16F3NO2/c14-13(15,16)10-4-2-1-3-9(10)11(18)12(7-17)5-6-19-8-12/h1-4,11,18H,5-8,17H2. The van der Waals surface area contributed by atoms with E-state index < -0.39 is 23.3 Å². The molecule has 0 aromatic heterocycles. The average Bonchev–Trinajstić information content (AvgIpc) is 2.87. The molecule has 0 bridgehead atoms. The third kappa shape index (κ3) is 2.61. The molecule has 19 heavy (non-hydrogen) atoms. The van der Waals surface area contributed by atoms with Crippen LogP contribution in [0.15, 0.2) is 24.3 Å². The maximum absolute atomic E-state index is 13.0. The number of benzene rings is 1. The molecule has 3 N–H and O–H groups in total. The van der Waals surface area contributed by atoms with Crippen LogP contribution in [0.4, 0.5) is 13.2 Å². The van der Waals surface area contributed by atoms with Crippen molar-refractivity contribution in [1.82, 2.24) is 0 Å². The van der Waals surface area contributed by atoms with E-state index in [1.54, 1.807) is 0 Å². The van der Waals surface area contributed by atoms with Crippen LogP contribution in [0.2, 0.25) is 0 Å². The Labute approximate surface area is 109 Å². The highest BCUT2D eigenvalue weighted by atomic mass is 19.4. The van der Waals surface area contributed by atoms with Crippen LogP contribution in [-0.2, 0) is 10.9 Å². The van der Waals surface area contributed by atoms with Crippen LogP contribution in [0.3, 0.4) is 0 Å². The maximum Gasteiger partial charge on any atom is 0.416 e. The van der Waals surface area contributed by atoms with E-state index in [9.17, 15) is 18.3 Å². The van der Waals surface area contributed by atoms with E-state index in [4.69, 9.17) is 10.5 Å². The summed E-state index contributed by atoms with van der Waals surface area (Å²) in [5, 5.41) is 10.4. The molecule has 1 saturated heterocycles. The van der Waals surface area contributed by atoms with Crippen LogP contribution in [0.5, 0.6) is 0 Å². The predicted molar refractivity (Wildman–Crippen MR) is 63.3 cm³/mol. The molecule has 3 nitrogen and oxygen atoms in total. The SMILES string of the molecule is NCC1(C(O)c2ccccc2C(F)(F)F)CCOC1. The van der Waals surface area contributed by atoms with Crippen molar-refractivity contribution < 1.29 is 23.0 Å². The van der Waals surface area contributed by atoms with Gasteiger partial charge in [0.25, 0.3) is 0 Å². The van der Waals surface area contributed by atoms with E-state index in [0.29, 0.717) is 13.0 Å². The molecular formula is C13H16F3NO2. The molecule has 2 atom stereocenters. The van der Waals surface area contributed by atoms with Gasteiger partial charge in [0, 0.05) is 18.6 Å². The van der Waals surface area contributed by atoms with Gasteiger partial charge in [-0.3, -0.25) is 0 Å². The van der Waals surface area contributed by atoms with Gasteiger partial charge >= 0.3 is 6.18 Å². The van der Waals surface area contributed by atoms with Crippen LogP contribution in [0.1, 0.15) is 23.7 Å². The van der Waals surface area contributed by atoms with Crippen molar-refractivity contribution in [3.8, 4) is 0 Å². The molecule has 1 heterocycles. The summed E-state index contributed by atoms with van der Waals surface area (Å²) in [4.78, 5) is 0. The molecule has 0 amide bonds. The number of hydrogen-bond donors (Lipinski definition) is 2. The first kappa shape index (κ1) is 14.3. The zero-order valence-electron chi connectivity index (χ0n) is 10.3. The molecule has 1 aromatic rings. The molecule has 1 aliphatic rings. The van der Waals surface area contributed by atoms with Crippen molar-refractivity contribution in [2.24, 2.45) is 11.1 Å². The first-order chi connectivity index (χ1) is 8.91. The summed E-state index contributed by atoms with van der Waals surface area (Å²) in [6.45, 7) is 0.666. The Bertz CT molecular complexity index is 442. The number of rotatable bonds is 3. The van der Waals surface area contributed by atoms with Crippen LogP contribution in [0.25, 0.3) is 0 Å². The van der Waals surface area contributed by atoms with Crippen LogP contribution in [-0.4, -0.2) is 24.9 Å². The number of halogens is 3. The lowest BCUT2D eigenvalue weighted by Gasteiger charge is -2.33. The minimum Gasteiger partial charge on any atom is -0.388 e. The van der Waals surface area contributed by atoms with Crippen molar-refractivity contribution in [3.63, 3.8) is 0 Å². The van der Waals surface area contributed by atoms with E-state index in [-0.39, 0.29) is 18.7 Å². The maximum atomic E-state index is 13.0. The van der Waals surface area contributed by atoms with E-state index in [1.165, 1.54) is 18.2 Å². The second-order valence-electron chi connectivity index (χ2n) is 4.86. The molecule has 0 spiro atoms. The lowest BCUT2D eigenvalue weighted by atomic mass is 9.77. The summed E-state index contributed by atoms with van der Waals surface area (Å²) in [6, 6.07) is 5.05. The Morgan fingerprint density at radius 1 is 1.37 bits per heavy atom. The quantitative estimate of drug-likeness (QED) is 0.888. The lowest BCUT2D eigenvalue weighted by molar-refractivity contribution is -0.140. The summed E-state index contributed by atoms with van der Waals surface area (Å²) in [6.07, 6.45) is -5.32. The fraction of sp³-hybridized carbons (Fsp3) is 0.538. The zero-order valence-corrected chi connectivity index (χ0v) is 10.3. The first-order valence-corrected chi connectivity index (χ1v) is 6.03. The smallest absolute Gasteiger partial charge is 0.388 e. The van der Waals surface area contributed by atoms with Crippen LogP contribution < -0.4 is 5.73 Å². The molecule has 1 aliphatic heterocycles. The number of alkyl halides is 3. The molecule has 0 saturated carbocycles. The second-order valence-corrected chi connectivity index (χ2v) is 4.86. The molecule has 6 heteroatoms. The van der Waals surface area contributed by atoms with E-state index in [1.807, 2.05) is 0 Å². The number of aliphatic hydroxyl groups excluding tert-OH is 1. The Hall–Kier alpha value is -1.11. The van der Waals surface area contributed by atoms with E-state index in [0.717, 1.165) is 6.07 Å². The van der Waals surface area contributed by atoms with Crippen molar-refractivity contribution in [3.05, 3.63) is 35.4 Å². The van der Waals surface area contributed by atoms with Crippen LogP contribution in [0, 0.1) is 5.41 Å². The van der Waals surface area contributed by atoms with Gasteiger partial charge in [-0.25, -0.2) is 0 Å². The Balaban J connectivity index is 2.41. The van der Waals surface area contributed by atoms with Gasteiger partial charge in [0.05, 0.1) is 18.3 Å². The highest BCUT2D eigenvalue weighted by molar-refractivity contribution is 5.33. The summed E-state index contributed by atoms with van der Waals surface area (Å²) in [5.41, 5.74) is 3.86.